The van der Waals surface area contributed by atoms with E-state index < -0.39 is 15.7 Å². The lowest BCUT2D eigenvalue weighted by Gasteiger charge is -2.11. The first-order valence-electron chi connectivity index (χ1n) is 8.70. The zero-order valence-electron chi connectivity index (χ0n) is 15.6. The molecule has 0 amide bonds. The summed E-state index contributed by atoms with van der Waals surface area (Å²) in [5, 5.41) is 6.26. The molecule has 0 saturated carbocycles. The van der Waals surface area contributed by atoms with Gasteiger partial charge in [-0.2, -0.15) is 0 Å². The van der Waals surface area contributed by atoms with Crippen LogP contribution in [-0.4, -0.2) is 45.5 Å². The number of halogens is 2. The monoisotopic (exact) mass is 537 g/mol. The van der Waals surface area contributed by atoms with Crippen LogP contribution in [0.3, 0.4) is 0 Å². The molecule has 0 aliphatic rings. The molecule has 0 fully saturated rings. The van der Waals surface area contributed by atoms with Crippen LogP contribution in [0.2, 0.25) is 0 Å². The van der Waals surface area contributed by atoms with Gasteiger partial charge in [0.1, 0.15) is 10.7 Å². The zero-order chi connectivity index (χ0) is 19.5. The third kappa shape index (κ3) is 8.36. The highest BCUT2D eigenvalue weighted by atomic mass is 127. The van der Waals surface area contributed by atoms with Gasteiger partial charge in [-0.25, -0.2) is 12.8 Å². The number of nitrogens with zero attached hydrogens (tertiary/aromatic N) is 1. The summed E-state index contributed by atoms with van der Waals surface area (Å²) in [6.07, 6.45) is 0. The maximum absolute atomic E-state index is 13.7. The molecule has 0 unspecified atom stereocenters. The number of hydrogen-bond acceptors (Lipinski definition) is 4. The van der Waals surface area contributed by atoms with Gasteiger partial charge in [0.15, 0.2) is 15.8 Å². The maximum atomic E-state index is 13.7. The average molecular weight is 537 g/mol. The van der Waals surface area contributed by atoms with Gasteiger partial charge in [-0.15, -0.1) is 35.7 Å². The van der Waals surface area contributed by atoms with E-state index in [2.05, 4.69) is 27.8 Å². The van der Waals surface area contributed by atoms with Crippen molar-refractivity contribution in [1.82, 2.24) is 10.6 Å². The second kappa shape index (κ2) is 13.0. The fraction of sp³-hybridized carbons (Fsp3) is 0.316. The molecule has 0 atom stereocenters. The van der Waals surface area contributed by atoms with E-state index >= 15 is 0 Å². The number of hydrogen-bond donors (Lipinski definition) is 2. The molecule has 0 aliphatic heterocycles. The zero-order valence-corrected chi connectivity index (χ0v) is 19.6. The van der Waals surface area contributed by atoms with Gasteiger partial charge >= 0.3 is 0 Å². The van der Waals surface area contributed by atoms with Gasteiger partial charge in [0.2, 0.25) is 0 Å². The SMILES string of the molecule is CCNC(=NCCS(=O)(=O)c1ccccc1F)NCCSc1ccccc1.I. The molecule has 28 heavy (non-hydrogen) atoms. The van der Waals surface area contributed by atoms with E-state index in [0.29, 0.717) is 19.0 Å². The molecule has 0 saturated heterocycles. The third-order valence-electron chi connectivity index (χ3n) is 3.55. The van der Waals surface area contributed by atoms with E-state index in [1.54, 1.807) is 11.8 Å². The molecule has 0 aromatic heterocycles. The number of thioether (sulfide) groups is 1. The van der Waals surface area contributed by atoms with Crippen molar-refractivity contribution in [2.24, 2.45) is 4.99 Å². The first-order chi connectivity index (χ1) is 13.0. The standard InChI is InChI=1S/C19H24FN3O2S2.HI/c1-2-21-19(22-12-14-26-16-8-4-3-5-9-16)23-13-15-27(24,25)18-11-7-6-10-17(18)20;/h3-11H,2,12-15H2,1H3,(H2,21,22,23);1H. The summed E-state index contributed by atoms with van der Waals surface area (Å²) >= 11 is 1.72. The molecule has 5 nitrogen and oxygen atoms in total. The Morgan fingerprint density at radius 3 is 2.43 bits per heavy atom. The Hall–Kier alpha value is -1.33. The Kier molecular flexibility index (Phi) is 11.5. The van der Waals surface area contributed by atoms with Crippen molar-refractivity contribution in [3.63, 3.8) is 0 Å². The van der Waals surface area contributed by atoms with Crippen LogP contribution >= 0.6 is 35.7 Å². The van der Waals surface area contributed by atoms with Crippen molar-refractivity contribution in [2.45, 2.75) is 16.7 Å². The molecule has 0 radical (unpaired) electrons. The highest BCUT2D eigenvalue weighted by molar-refractivity contribution is 14.0. The Morgan fingerprint density at radius 2 is 1.75 bits per heavy atom. The van der Waals surface area contributed by atoms with E-state index in [4.69, 9.17) is 0 Å². The molecule has 0 aliphatic carbocycles. The van der Waals surface area contributed by atoms with Gasteiger partial charge in [0, 0.05) is 23.7 Å². The van der Waals surface area contributed by atoms with Crippen LogP contribution in [0.1, 0.15) is 6.92 Å². The summed E-state index contributed by atoms with van der Waals surface area (Å²) in [4.78, 5) is 5.19. The predicted molar refractivity (Wildman–Crippen MR) is 125 cm³/mol. The first-order valence-corrected chi connectivity index (χ1v) is 11.3. The lowest BCUT2D eigenvalue weighted by molar-refractivity contribution is 0.567. The molecular weight excluding hydrogens is 512 g/mol. The molecule has 9 heteroatoms. The third-order valence-corrected chi connectivity index (χ3v) is 6.29. The van der Waals surface area contributed by atoms with Crippen molar-refractivity contribution in [1.29, 1.82) is 0 Å². The van der Waals surface area contributed by atoms with Gasteiger partial charge in [-0.1, -0.05) is 30.3 Å². The van der Waals surface area contributed by atoms with Gasteiger partial charge in [-0.3, -0.25) is 4.99 Å². The summed E-state index contributed by atoms with van der Waals surface area (Å²) in [6, 6.07) is 15.5. The van der Waals surface area contributed by atoms with Crippen molar-refractivity contribution in [3.8, 4) is 0 Å². The van der Waals surface area contributed by atoms with Crippen molar-refractivity contribution >= 4 is 51.5 Å². The molecule has 2 aromatic rings. The number of sulfone groups is 1. The smallest absolute Gasteiger partial charge is 0.191 e. The normalized spacial score (nSPS) is 11.6. The second-order valence-electron chi connectivity index (χ2n) is 5.60. The van der Waals surface area contributed by atoms with E-state index in [1.807, 2.05) is 25.1 Å². The van der Waals surface area contributed by atoms with E-state index in [0.717, 1.165) is 11.8 Å². The number of guanidine groups is 1. The van der Waals surface area contributed by atoms with Crippen LogP contribution in [0.4, 0.5) is 4.39 Å². The molecular formula is C19H25FIN3O2S2. The van der Waals surface area contributed by atoms with Gasteiger partial charge in [0.05, 0.1) is 12.3 Å². The van der Waals surface area contributed by atoms with Crippen LogP contribution in [0.15, 0.2) is 69.4 Å². The lowest BCUT2D eigenvalue weighted by atomic mass is 10.3. The van der Waals surface area contributed by atoms with Crippen LogP contribution in [0.5, 0.6) is 0 Å². The topological polar surface area (TPSA) is 70.6 Å². The Morgan fingerprint density at radius 1 is 1.07 bits per heavy atom. The van der Waals surface area contributed by atoms with Gasteiger partial charge < -0.3 is 10.6 Å². The van der Waals surface area contributed by atoms with Crippen molar-refractivity contribution in [2.75, 3.05) is 31.1 Å². The highest BCUT2D eigenvalue weighted by Crippen LogP contribution is 2.16. The fourth-order valence-corrected chi connectivity index (χ4v) is 4.27. The second-order valence-corrected chi connectivity index (χ2v) is 8.84. The van der Waals surface area contributed by atoms with Gasteiger partial charge in [-0.05, 0) is 31.2 Å². The Labute approximate surface area is 187 Å². The lowest BCUT2D eigenvalue weighted by Crippen LogP contribution is -2.38. The molecule has 0 heterocycles. The van der Waals surface area contributed by atoms with Crippen molar-refractivity contribution < 1.29 is 12.8 Å². The number of nitrogens with one attached hydrogen (secondary N) is 2. The van der Waals surface area contributed by atoms with Crippen LogP contribution in [0.25, 0.3) is 0 Å². The summed E-state index contributed by atoms with van der Waals surface area (Å²) < 4.78 is 38.2. The van der Waals surface area contributed by atoms with E-state index in [9.17, 15) is 12.8 Å². The fourth-order valence-electron chi connectivity index (χ4n) is 2.28. The number of aliphatic imine (C=N–C) groups is 1. The summed E-state index contributed by atoms with van der Waals surface area (Å²) in [5.74, 6) is 0.421. The molecule has 2 aromatic carbocycles. The average Bonchev–Trinajstić information content (AvgIpc) is 2.66. The number of benzene rings is 2. The maximum Gasteiger partial charge on any atom is 0.191 e. The van der Waals surface area contributed by atoms with Crippen LogP contribution in [-0.2, 0) is 9.84 Å². The molecule has 0 bridgehead atoms. The Bertz CT molecular complexity index is 849. The van der Waals surface area contributed by atoms with Crippen LogP contribution in [0, 0.1) is 5.82 Å². The molecule has 2 rings (SSSR count). The molecule has 2 N–H and O–H groups in total. The summed E-state index contributed by atoms with van der Waals surface area (Å²) in [5.41, 5.74) is 0. The van der Waals surface area contributed by atoms with E-state index in [-0.39, 0.29) is 41.2 Å². The summed E-state index contributed by atoms with van der Waals surface area (Å²) in [7, 11) is -3.70. The van der Waals surface area contributed by atoms with E-state index in [1.165, 1.54) is 23.1 Å². The van der Waals surface area contributed by atoms with Crippen LogP contribution < -0.4 is 10.6 Å². The predicted octanol–water partition coefficient (Wildman–Crippen LogP) is 3.56. The minimum Gasteiger partial charge on any atom is -0.357 e. The largest absolute Gasteiger partial charge is 0.357 e. The molecule has 154 valence electrons. The highest BCUT2D eigenvalue weighted by Gasteiger charge is 2.18. The quantitative estimate of drug-likeness (QED) is 0.168. The Balaban J connectivity index is 0.00000392. The molecule has 0 spiro atoms. The first kappa shape index (κ1) is 24.7. The van der Waals surface area contributed by atoms with Crippen molar-refractivity contribution in [3.05, 3.63) is 60.4 Å². The minimum absolute atomic E-state index is 0. The minimum atomic E-state index is -3.70. The van der Waals surface area contributed by atoms with Gasteiger partial charge in [0.25, 0.3) is 0 Å². The summed E-state index contributed by atoms with van der Waals surface area (Å²) in [6.45, 7) is 3.34. The number of rotatable bonds is 9.